The van der Waals surface area contributed by atoms with E-state index in [0.29, 0.717) is 5.82 Å². The fraction of sp³-hybridized carbons (Fsp3) is 0.200. The van der Waals surface area contributed by atoms with Gasteiger partial charge in [0.05, 0.1) is 0 Å². The Labute approximate surface area is 61.3 Å². The average Bonchev–Trinajstić information content (AvgIpc) is 2.13. The molecule has 0 saturated heterocycles. The molecule has 0 amide bonds. The predicted octanol–water partition coefficient (Wildman–Crippen LogP) is 0.732. The Morgan fingerprint density at radius 2 is 2.40 bits per heavy atom. The Balaban J connectivity index is 3.10. The van der Waals surface area contributed by atoms with Crippen molar-refractivity contribution in [3.05, 3.63) is 9.88 Å². The molecule has 0 atom stereocenters. The standard InChI is InChI=1S/C5H6N2O2S/c1-2-3(6)7-4(10-2)5(8)9/h6H2,1H3,(H,8,9). The number of nitrogens with zero attached hydrogens (tertiary/aromatic N) is 1. The van der Waals surface area contributed by atoms with E-state index in [9.17, 15) is 4.79 Å². The van der Waals surface area contributed by atoms with Crippen molar-refractivity contribution in [1.82, 2.24) is 4.98 Å². The smallest absolute Gasteiger partial charge is 0.365 e. The summed E-state index contributed by atoms with van der Waals surface area (Å²) in [5.74, 6) is -0.716. The van der Waals surface area contributed by atoms with Gasteiger partial charge in [-0.1, -0.05) is 0 Å². The number of hydrogen-bond donors (Lipinski definition) is 2. The zero-order valence-electron chi connectivity index (χ0n) is 5.29. The van der Waals surface area contributed by atoms with Crippen molar-refractivity contribution in [2.75, 3.05) is 5.73 Å². The summed E-state index contributed by atoms with van der Waals surface area (Å²) in [6.45, 7) is 1.74. The van der Waals surface area contributed by atoms with Gasteiger partial charge in [-0.15, -0.1) is 11.3 Å². The lowest BCUT2D eigenvalue weighted by Gasteiger charge is -1.79. The van der Waals surface area contributed by atoms with Crippen molar-refractivity contribution in [1.29, 1.82) is 0 Å². The molecule has 0 aromatic carbocycles. The second-order valence-electron chi connectivity index (χ2n) is 1.77. The lowest BCUT2D eigenvalue weighted by atomic mass is 10.6. The number of carboxylic acid groups (broad SMARTS) is 1. The molecule has 0 unspecified atom stereocenters. The summed E-state index contributed by atoms with van der Waals surface area (Å²) in [4.78, 5) is 14.6. The minimum Gasteiger partial charge on any atom is -0.476 e. The van der Waals surface area contributed by atoms with Crippen LogP contribution in [0, 0.1) is 6.92 Å². The van der Waals surface area contributed by atoms with E-state index >= 15 is 0 Å². The van der Waals surface area contributed by atoms with E-state index in [1.54, 1.807) is 6.92 Å². The number of rotatable bonds is 1. The van der Waals surface area contributed by atoms with Crippen molar-refractivity contribution in [3.8, 4) is 0 Å². The minimum atomic E-state index is -1.02. The molecule has 3 N–H and O–H groups in total. The van der Waals surface area contributed by atoms with Crippen LogP contribution in [0.25, 0.3) is 0 Å². The van der Waals surface area contributed by atoms with Crippen molar-refractivity contribution in [2.45, 2.75) is 6.92 Å². The van der Waals surface area contributed by atoms with E-state index in [-0.39, 0.29) is 5.01 Å². The van der Waals surface area contributed by atoms with E-state index < -0.39 is 5.97 Å². The number of hydrogen-bond acceptors (Lipinski definition) is 4. The highest BCUT2D eigenvalue weighted by molar-refractivity contribution is 7.13. The molecule has 1 rings (SSSR count). The third-order valence-corrected chi connectivity index (χ3v) is 1.99. The molecule has 5 heteroatoms. The van der Waals surface area contributed by atoms with Gasteiger partial charge in [0.25, 0.3) is 0 Å². The Hall–Kier alpha value is -1.10. The topological polar surface area (TPSA) is 76.2 Å². The molecule has 0 aliphatic heterocycles. The van der Waals surface area contributed by atoms with Gasteiger partial charge in [-0.3, -0.25) is 0 Å². The van der Waals surface area contributed by atoms with E-state index in [2.05, 4.69) is 4.98 Å². The van der Waals surface area contributed by atoms with Gasteiger partial charge in [-0.25, -0.2) is 9.78 Å². The van der Waals surface area contributed by atoms with Gasteiger partial charge in [-0.2, -0.15) is 0 Å². The van der Waals surface area contributed by atoms with Crippen LogP contribution in [0.3, 0.4) is 0 Å². The molecule has 1 heterocycles. The van der Waals surface area contributed by atoms with Crippen LogP contribution in [0.2, 0.25) is 0 Å². The van der Waals surface area contributed by atoms with Crippen LogP contribution in [0.5, 0.6) is 0 Å². The average molecular weight is 158 g/mol. The van der Waals surface area contributed by atoms with Gasteiger partial charge < -0.3 is 10.8 Å². The lowest BCUT2D eigenvalue weighted by Crippen LogP contribution is -1.95. The number of thiazole rings is 1. The van der Waals surface area contributed by atoms with Crippen molar-refractivity contribution < 1.29 is 9.90 Å². The molecule has 4 nitrogen and oxygen atoms in total. The highest BCUT2D eigenvalue weighted by atomic mass is 32.1. The van der Waals surface area contributed by atoms with E-state index in [1.807, 2.05) is 0 Å². The van der Waals surface area contributed by atoms with Crippen molar-refractivity contribution >= 4 is 23.1 Å². The maximum Gasteiger partial charge on any atom is 0.365 e. The summed E-state index contributed by atoms with van der Waals surface area (Å²) in [7, 11) is 0. The molecule has 10 heavy (non-hydrogen) atoms. The number of aromatic carboxylic acids is 1. The molecule has 0 fully saturated rings. The number of anilines is 1. The second kappa shape index (κ2) is 2.26. The van der Waals surface area contributed by atoms with Crippen LogP contribution in [0.15, 0.2) is 0 Å². The van der Waals surface area contributed by atoms with Gasteiger partial charge >= 0.3 is 5.97 Å². The van der Waals surface area contributed by atoms with Crippen molar-refractivity contribution in [3.63, 3.8) is 0 Å². The molecular formula is C5H6N2O2S. The number of carbonyl (C=O) groups is 1. The van der Waals surface area contributed by atoms with Crippen LogP contribution < -0.4 is 5.73 Å². The normalized spacial score (nSPS) is 9.70. The zero-order valence-corrected chi connectivity index (χ0v) is 6.10. The quantitative estimate of drug-likeness (QED) is 0.631. The zero-order chi connectivity index (χ0) is 7.72. The summed E-state index contributed by atoms with van der Waals surface area (Å²) < 4.78 is 0. The number of aryl methyl sites for hydroxylation is 1. The van der Waals surface area contributed by atoms with E-state index in [1.165, 1.54) is 0 Å². The fourth-order valence-corrected chi connectivity index (χ4v) is 1.17. The molecule has 0 saturated carbocycles. The van der Waals surface area contributed by atoms with Gasteiger partial charge in [0.1, 0.15) is 5.82 Å². The molecule has 0 aliphatic carbocycles. The van der Waals surface area contributed by atoms with Crippen LogP contribution in [-0.4, -0.2) is 16.1 Å². The number of carboxylic acids is 1. The Kier molecular flexibility index (Phi) is 1.58. The van der Waals surface area contributed by atoms with E-state index in [0.717, 1.165) is 16.2 Å². The third kappa shape index (κ3) is 1.08. The Morgan fingerprint density at radius 1 is 1.80 bits per heavy atom. The molecule has 54 valence electrons. The summed E-state index contributed by atoms with van der Waals surface area (Å²) in [6, 6.07) is 0. The first-order chi connectivity index (χ1) is 4.61. The first kappa shape index (κ1) is 7.01. The number of aromatic nitrogens is 1. The van der Waals surface area contributed by atoms with Crippen LogP contribution in [0.1, 0.15) is 14.7 Å². The minimum absolute atomic E-state index is 0.0509. The monoisotopic (exact) mass is 158 g/mol. The summed E-state index contributed by atoms with van der Waals surface area (Å²) in [5.41, 5.74) is 5.31. The molecule has 0 radical (unpaired) electrons. The van der Waals surface area contributed by atoms with Gasteiger partial charge in [-0.05, 0) is 6.92 Å². The van der Waals surface area contributed by atoms with Crippen LogP contribution in [0.4, 0.5) is 5.82 Å². The summed E-state index contributed by atoms with van der Waals surface area (Å²) in [5, 5.41) is 8.47. The third-order valence-electron chi connectivity index (χ3n) is 1.02. The predicted molar refractivity (Wildman–Crippen MR) is 38.2 cm³/mol. The Morgan fingerprint density at radius 3 is 2.60 bits per heavy atom. The van der Waals surface area contributed by atoms with Crippen molar-refractivity contribution in [2.24, 2.45) is 0 Å². The highest BCUT2D eigenvalue weighted by Gasteiger charge is 2.09. The Bertz CT molecular complexity index is 249. The largest absolute Gasteiger partial charge is 0.476 e. The lowest BCUT2D eigenvalue weighted by molar-refractivity contribution is 0.0696. The highest BCUT2D eigenvalue weighted by Crippen LogP contribution is 2.18. The maximum atomic E-state index is 10.3. The first-order valence-corrected chi connectivity index (χ1v) is 3.39. The molecule has 1 aromatic heterocycles. The molecule has 0 spiro atoms. The summed E-state index contributed by atoms with van der Waals surface area (Å²) in [6.07, 6.45) is 0. The molecule has 1 aromatic rings. The van der Waals surface area contributed by atoms with Gasteiger partial charge in [0, 0.05) is 4.88 Å². The second-order valence-corrected chi connectivity index (χ2v) is 2.97. The molecule has 0 bridgehead atoms. The number of nitrogen functional groups attached to an aromatic ring is 1. The van der Waals surface area contributed by atoms with Crippen LogP contribution in [-0.2, 0) is 0 Å². The van der Waals surface area contributed by atoms with Gasteiger partial charge in [0.2, 0.25) is 5.01 Å². The van der Waals surface area contributed by atoms with E-state index in [4.69, 9.17) is 10.8 Å². The molecule has 0 aliphatic rings. The first-order valence-electron chi connectivity index (χ1n) is 2.57. The van der Waals surface area contributed by atoms with Crippen LogP contribution >= 0.6 is 11.3 Å². The summed E-state index contributed by atoms with van der Waals surface area (Å²) >= 11 is 1.09. The SMILES string of the molecule is Cc1sc(C(=O)O)nc1N. The molecular weight excluding hydrogens is 152 g/mol. The maximum absolute atomic E-state index is 10.3. The number of nitrogens with two attached hydrogens (primary N) is 1. The fourth-order valence-electron chi connectivity index (χ4n) is 0.500. The van der Waals surface area contributed by atoms with Gasteiger partial charge in [0.15, 0.2) is 0 Å².